The van der Waals surface area contributed by atoms with Gasteiger partial charge in [-0.05, 0) is 12.8 Å². The number of hydrogen-bond donors (Lipinski definition) is 1. The lowest BCUT2D eigenvalue weighted by Gasteiger charge is -2.33. The molecule has 1 N–H and O–H groups in total. The zero-order valence-electron chi connectivity index (χ0n) is 9.49. The predicted molar refractivity (Wildman–Crippen MR) is 60.5 cm³/mol. The van der Waals surface area contributed by atoms with Crippen molar-refractivity contribution in [2.24, 2.45) is 0 Å². The summed E-state index contributed by atoms with van der Waals surface area (Å²) in [5, 5.41) is 3.27. The molecule has 1 aliphatic heterocycles. The number of nitrogens with one attached hydrogen (secondary N) is 1. The monoisotopic (exact) mass is 209 g/mol. The fourth-order valence-corrected chi connectivity index (χ4v) is 1.76. The second kappa shape index (κ2) is 5.62. The first-order valence-electron chi connectivity index (χ1n) is 5.28. The maximum atomic E-state index is 11.6. The van der Waals surface area contributed by atoms with Crippen LogP contribution in [0.25, 0.3) is 0 Å². The highest BCUT2D eigenvalue weighted by Crippen LogP contribution is 2.11. The molecule has 0 saturated carbocycles. The minimum Gasteiger partial charge on any atom is -0.331 e. The van der Waals surface area contributed by atoms with Crippen molar-refractivity contribution in [2.75, 3.05) is 33.7 Å². The van der Waals surface area contributed by atoms with Crippen LogP contribution in [0.1, 0.15) is 12.8 Å². The molecule has 4 nitrogen and oxygen atoms in total. The average Bonchev–Trinajstić information content (AvgIpc) is 2.26. The van der Waals surface area contributed by atoms with Crippen LogP contribution in [0.3, 0.4) is 0 Å². The minimum atomic E-state index is 0.102. The molecule has 0 aromatic carbocycles. The van der Waals surface area contributed by atoms with Gasteiger partial charge in [0.15, 0.2) is 0 Å². The van der Waals surface area contributed by atoms with Crippen LogP contribution in [0.4, 0.5) is 4.79 Å². The van der Waals surface area contributed by atoms with Crippen LogP contribution in [0.15, 0.2) is 0 Å². The van der Waals surface area contributed by atoms with E-state index in [1.807, 2.05) is 4.90 Å². The molecule has 1 aliphatic rings. The standard InChI is InChI=1S/C11H19N3O/c1-4-7-12-10-5-8-14(9-6-10)11(15)13(2)3/h1,10,12H,5-9H2,2-3H3. The summed E-state index contributed by atoms with van der Waals surface area (Å²) >= 11 is 0. The largest absolute Gasteiger partial charge is 0.331 e. The number of carbonyl (C=O) groups excluding carboxylic acids is 1. The van der Waals surface area contributed by atoms with Gasteiger partial charge in [-0.25, -0.2) is 4.79 Å². The van der Waals surface area contributed by atoms with Gasteiger partial charge in [0.05, 0.1) is 6.54 Å². The molecule has 84 valence electrons. The van der Waals surface area contributed by atoms with Crippen LogP contribution >= 0.6 is 0 Å². The normalized spacial score (nSPS) is 17.3. The molecule has 1 rings (SSSR count). The third kappa shape index (κ3) is 3.45. The van der Waals surface area contributed by atoms with E-state index < -0.39 is 0 Å². The number of terminal acetylenes is 1. The number of rotatable bonds is 2. The molecule has 4 heteroatoms. The number of urea groups is 1. The second-order valence-corrected chi connectivity index (χ2v) is 4.02. The Morgan fingerprint density at radius 1 is 1.53 bits per heavy atom. The third-order valence-corrected chi connectivity index (χ3v) is 2.64. The third-order valence-electron chi connectivity index (χ3n) is 2.64. The van der Waals surface area contributed by atoms with Crippen molar-refractivity contribution in [3.63, 3.8) is 0 Å². The number of likely N-dealkylation sites (tertiary alicyclic amines) is 1. The summed E-state index contributed by atoms with van der Waals surface area (Å²) in [4.78, 5) is 15.1. The predicted octanol–water partition coefficient (Wildman–Crippen LogP) is 0.355. The van der Waals surface area contributed by atoms with Gasteiger partial charge in [0.2, 0.25) is 0 Å². The van der Waals surface area contributed by atoms with Crippen molar-refractivity contribution in [3.05, 3.63) is 0 Å². The SMILES string of the molecule is C#CCNC1CCN(C(=O)N(C)C)CC1. The summed E-state index contributed by atoms with van der Waals surface area (Å²) in [6.45, 7) is 2.25. The van der Waals surface area contributed by atoms with E-state index in [9.17, 15) is 4.79 Å². The highest BCUT2D eigenvalue weighted by molar-refractivity contribution is 5.73. The minimum absolute atomic E-state index is 0.102. The molecule has 0 aromatic heterocycles. The summed E-state index contributed by atoms with van der Waals surface area (Å²) < 4.78 is 0. The van der Waals surface area contributed by atoms with Gasteiger partial charge in [0.25, 0.3) is 0 Å². The molecule has 15 heavy (non-hydrogen) atoms. The summed E-state index contributed by atoms with van der Waals surface area (Å²) in [5.41, 5.74) is 0. The highest BCUT2D eigenvalue weighted by Gasteiger charge is 2.22. The van der Waals surface area contributed by atoms with Gasteiger partial charge in [-0.2, -0.15) is 0 Å². The van der Waals surface area contributed by atoms with E-state index in [0.717, 1.165) is 25.9 Å². The average molecular weight is 209 g/mol. The van der Waals surface area contributed by atoms with E-state index >= 15 is 0 Å². The molecule has 0 aromatic rings. The van der Waals surface area contributed by atoms with Crippen molar-refractivity contribution in [1.29, 1.82) is 0 Å². The Morgan fingerprint density at radius 2 is 2.13 bits per heavy atom. The van der Waals surface area contributed by atoms with Gasteiger partial charge < -0.3 is 15.1 Å². The number of nitrogens with zero attached hydrogens (tertiary/aromatic N) is 2. The van der Waals surface area contributed by atoms with E-state index in [-0.39, 0.29) is 6.03 Å². The van der Waals surface area contributed by atoms with Crippen molar-refractivity contribution in [1.82, 2.24) is 15.1 Å². The van der Waals surface area contributed by atoms with Gasteiger partial charge >= 0.3 is 6.03 Å². The van der Waals surface area contributed by atoms with Crippen LogP contribution in [0.2, 0.25) is 0 Å². The number of carbonyl (C=O) groups is 1. The number of amides is 2. The molecule has 0 unspecified atom stereocenters. The molecule has 0 spiro atoms. The Hall–Kier alpha value is -1.21. The van der Waals surface area contributed by atoms with Crippen LogP contribution in [0, 0.1) is 12.3 Å². The van der Waals surface area contributed by atoms with Crippen molar-refractivity contribution >= 4 is 6.03 Å². The fraction of sp³-hybridized carbons (Fsp3) is 0.727. The molecular weight excluding hydrogens is 190 g/mol. The van der Waals surface area contributed by atoms with Gasteiger partial charge in [-0.3, -0.25) is 0 Å². The Kier molecular flexibility index (Phi) is 4.44. The van der Waals surface area contributed by atoms with E-state index in [1.54, 1.807) is 19.0 Å². The van der Waals surface area contributed by atoms with Crippen LogP contribution in [0.5, 0.6) is 0 Å². The Morgan fingerprint density at radius 3 is 2.60 bits per heavy atom. The van der Waals surface area contributed by atoms with Gasteiger partial charge in [-0.1, -0.05) is 5.92 Å². The summed E-state index contributed by atoms with van der Waals surface area (Å²) in [6, 6.07) is 0.567. The maximum Gasteiger partial charge on any atom is 0.319 e. The van der Waals surface area contributed by atoms with Crippen LogP contribution < -0.4 is 5.32 Å². The lowest BCUT2D eigenvalue weighted by molar-refractivity contribution is 0.153. The first-order valence-corrected chi connectivity index (χ1v) is 5.28. The number of hydrogen-bond acceptors (Lipinski definition) is 2. The maximum absolute atomic E-state index is 11.6. The van der Waals surface area contributed by atoms with Crippen molar-refractivity contribution in [2.45, 2.75) is 18.9 Å². The fourth-order valence-electron chi connectivity index (χ4n) is 1.76. The molecule has 0 aliphatic carbocycles. The molecule has 2 amide bonds. The smallest absolute Gasteiger partial charge is 0.319 e. The van der Waals surface area contributed by atoms with Crippen molar-refractivity contribution in [3.8, 4) is 12.3 Å². The molecular formula is C11H19N3O. The molecule has 0 atom stereocenters. The van der Waals surface area contributed by atoms with Gasteiger partial charge in [0, 0.05) is 33.2 Å². The zero-order chi connectivity index (χ0) is 11.3. The molecule has 1 fully saturated rings. The summed E-state index contributed by atoms with van der Waals surface area (Å²) in [6.07, 6.45) is 7.15. The molecule has 1 heterocycles. The van der Waals surface area contributed by atoms with E-state index in [4.69, 9.17) is 6.42 Å². The van der Waals surface area contributed by atoms with Gasteiger partial charge in [-0.15, -0.1) is 6.42 Å². The van der Waals surface area contributed by atoms with E-state index in [0.29, 0.717) is 12.6 Å². The zero-order valence-corrected chi connectivity index (χ0v) is 9.49. The Balaban J connectivity index is 2.30. The quantitative estimate of drug-likeness (QED) is 0.666. The molecule has 0 radical (unpaired) electrons. The van der Waals surface area contributed by atoms with Crippen LogP contribution in [-0.2, 0) is 0 Å². The molecule has 0 bridgehead atoms. The summed E-state index contributed by atoms with van der Waals surface area (Å²) in [5.74, 6) is 2.57. The van der Waals surface area contributed by atoms with Crippen LogP contribution in [-0.4, -0.2) is 55.6 Å². The highest BCUT2D eigenvalue weighted by atomic mass is 16.2. The topological polar surface area (TPSA) is 35.6 Å². The first kappa shape index (κ1) is 11.9. The lowest BCUT2D eigenvalue weighted by Crippen LogP contribution is -2.48. The first-order chi connectivity index (χ1) is 7.15. The molecule has 1 saturated heterocycles. The summed E-state index contributed by atoms with van der Waals surface area (Å²) in [7, 11) is 3.57. The van der Waals surface area contributed by atoms with Gasteiger partial charge in [0.1, 0.15) is 0 Å². The van der Waals surface area contributed by atoms with E-state index in [1.165, 1.54) is 0 Å². The second-order valence-electron chi connectivity index (χ2n) is 4.02. The van der Waals surface area contributed by atoms with E-state index in [2.05, 4.69) is 11.2 Å². The number of piperidine rings is 1. The Bertz CT molecular complexity index is 249. The lowest BCUT2D eigenvalue weighted by atomic mass is 10.1. The Labute approximate surface area is 91.6 Å². The van der Waals surface area contributed by atoms with Crippen molar-refractivity contribution < 1.29 is 4.79 Å².